The van der Waals surface area contributed by atoms with Gasteiger partial charge in [0.25, 0.3) is 0 Å². The number of alkyl halides is 1. The van der Waals surface area contributed by atoms with Crippen LogP contribution in [0.4, 0.5) is 0 Å². The summed E-state index contributed by atoms with van der Waals surface area (Å²) < 4.78 is 5.39. The number of amides is 1. The molecule has 2 aliphatic heterocycles. The zero-order valence-electron chi connectivity index (χ0n) is 8.46. The molecule has 0 saturated carbocycles. The fraction of sp³-hybridized carbons (Fsp3) is 0.900. The van der Waals surface area contributed by atoms with Crippen LogP contribution in [0.25, 0.3) is 0 Å². The Bertz CT molecular complexity index is 238. The third-order valence-corrected chi connectivity index (χ3v) is 4.07. The molecule has 2 heterocycles. The molecule has 0 aliphatic carbocycles. The summed E-state index contributed by atoms with van der Waals surface area (Å²) in [6.45, 7) is 4.50. The molecule has 0 aromatic heterocycles. The average molecular weight is 262 g/mol. The van der Waals surface area contributed by atoms with Crippen molar-refractivity contribution in [2.24, 2.45) is 0 Å². The molecule has 0 bridgehead atoms. The molecule has 4 heteroatoms. The maximum atomic E-state index is 11.9. The molecular weight excluding hydrogens is 246 g/mol. The van der Waals surface area contributed by atoms with Crippen molar-refractivity contribution in [3.8, 4) is 0 Å². The minimum Gasteiger partial charge on any atom is -0.379 e. The summed E-state index contributed by atoms with van der Waals surface area (Å²) in [6, 6.07) is 0. The van der Waals surface area contributed by atoms with Gasteiger partial charge in [0.05, 0.1) is 17.0 Å². The van der Waals surface area contributed by atoms with Crippen LogP contribution in [-0.4, -0.2) is 40.9 Å². The highest BCUT2D eigenvalue weighted by atomic mass is 79.9. The molecule has 2 fully saturated rings. The normalized spacial score (nSPS) is 39.1. The first-order valence-electron chi connectivity index (χ1n) is 5.17. The number of nitrogens with zero attached hydrogens (tertiary/aromatic N) is 1. The Kier molecular flexibility index (Phi) is 2.84. The van der Waals surface area contributed by atoms with Crippen molar-refractivity contribution >= 4 is 21.8 Å². The van der Waals surface area contributed by atoms with Crippen molar-refractivity contribution in [2.75, 3.05) is 19.8 Å². The van der Waals surface area contributed by atoms with Crippen molar-refractivity contribution in [1.82, 2.24) is 4.90 Å². The van der Waals surface area contributed by atoms with E-state index in [1.54, 1.807) is 0 Å². The predicted molar refractivity (Wildman–Crippen MR) is 57.5 cm³/mol. The molecule has 1 amide bonds. The van der Waals surface area contributed by atoms with Crippen LogP contribution < -0.4 is 0 Å². The van der Waals surface area contributed by atoms with E-state index in [1.165, 1.54) is 0 Å². The molecule has 2 aliphatic rings. The van der Waals surface area contributed by atoms with Crippen molar-refractivity contribution in [1.29, 1.82) is 0 Å². The Hall–Kier alpha value is -0.0900. The zero-order chi connectivity index (χ0) is 10.2. The summed E-state index contributed by atoms with van der Waals surface area (Å²) in [5.41, 5.74) is -0.0521. The lowest BCUT2D eigenvalue weighted by molar-refractivity contribution is -0.138. The van der Waals surface area contributed by atoms with Gasteiger partial charge in [-0.2, -0.15) is 0 Å². The van der Waals surface area contributed by atoms with E-state index in [9.17, 15) is 4.79 Å². The number of halogens is 1. The Labute approximate surface area is 92.9 Å². The molecule has 2 rings (SSSR count). The van der Waals surface area contributed by atoms with E-state index < -0.39 is 0 Å². The fourth-order valence-corrected chi connectivity index (χ4v) is 2.81. The van der Waals surface area contributed by atoms with Gasteiger partial charge in [0.2, 0.25) is 5.91 Å². The van der Waals surface area contributed by atoms with Gasteiger partial charge < -0.3 is 9.64 Å². The molecule has 3 nitrogen and oxygen atoms in total. The van der Waals surface area contributed by atoms with Crippen molar-refractivity contribution in [3.63, 3.8) is 0 Å². The third kappa shape index (κ3) is 1.70. The van der Waals surface area contributed by atoms with E-state index in [2.05, 4.69) is 22.9 Å². The summed E-state index contributed by atoms with van der Waals surface area (Å²) in [5, 5.41) is 0. The number of likely N-dealkylation sites (tertiary alicyclic amines) is 1. The quantitative estimate of drug-likeness (QED) is 0.671. The highest BCUT2D eigenvalue weighted by molar-refractivity contribution is 9.10. The highest BCUT2D eigenvalue weighted by Gasteiger charge is 2.41. The van der Waals surface area contributed by atoms with Crippen LogP contribution in [0, 0.1) is 0 Å². The number of rotatable bonds is 1. The van der Waals surface area contributed by atoms with Crippen LogP contribution in [0.2, 0.25) is 0 Å². The molecule has 2 atom stereocenters. The Morgan fingerprint density at radius 2 is 2.43 bits per heavy atom. The van der Waals surface area contributed by atoms with Gasteiger partial charge in [0, 0.05) is 13.2 Å². The van der Waals surface area contributed by atoms with Gasteiger partial charge in [-0.15, -0.1) is 0 Å². The molecule has 2 unspecified atom stereocenters. The van der Waals surface area contributed by atoms with E-state index >= 15 is 0 Å². The van der Waals surface area contributed by atoms with E-state index in [0.717, 1.165) is 32.4 Å². The van der Waals surface area contributed by atoms with Crippen LogP contribution in [0.1, 0.15) is 26.2 Å². The fourth-order valence-electron chi connectivity index (χ4n) is 2.24. The van der Waals surface area contributed by atoms with E-state index in [0.29, 0.717) is 6.61 Å². The molecule has 0 aromatic rings. The standard InChI is InChI=1S/C10H16BrNO2/c1-10(4-6-14-7-10)12-5-2-3-8(11)9(12)13/h8H,2-7H2,1H3. The lowest BCUT2D eigenvalue weighted by Crippen LogP contribution is -2.55. The molecule has 0 spiro atoms. The summed E-state index contributed by atoms with van der Waals surface area (Å²) >= 11 is 3.43. The van der Waals surface area contributed by atoms with Gasteiger partial charge in [0.15, 0.2) is 0 Å². The predicted octanol–water partition coefficient (Wildman–Crippen LogP) is 1.55. The number of carbonyl (C=O) groups excluding carboxylic acids is 1. The highest BCUT2D eigenvalue weighted by Crippen LogP contribution is 2.31. The summed E-state index contributed by atoms with van der Waals surface area (Å²) in [7, 11) is 0. The van der Waals surface area contributed by atoms with Gasteiger partial charge >= 0.3 is 0 Å². The number of carbonyl (C=O) groups is 1. The second kappa shape index (κ2) is 3.81. The largest absolute Gasteiger partial charge is 0.379 e. The molecule has 0 N–H and O–H groups in total. The second-order valence-electron chi connectivity index (χ2n) is 4.40. The first kappa shape index (κ1) is 10.4. The van der Waals surface area contributed by atoms with Crippen LogP contribution in [0.5, 0.6) is 0 Å². The smallest absolute Gasteiger partial charge is 0.236 e. The van der Waals surface area contributed by atoms with Gasteiger partial charge in [-0.3, -0.25) is 4.79 Å². The second-order valence-corrected chi connectivity index (χ2v) is 5.50. The van der Waals surface area contributed by atoms with Crippen LogP contribution in [0.3, 0.4) is 0 Å². The maximum absolute atomic E-state index is 11.9. The molecule has 0 aromatic carbocycles. The van der Waals surface area contributed by atoms with Gasteiger partial charge in [0.1, 0.15) is 0 Å². The summed E-state index contributed by atoms with van der Waals surface area (Å²) in [6.07, 6.45) is 3.03. The lowest BCUT2D eigenvalue weighted by Gasteiger charge is -2.41. The topological polar surface area (TPSA) is 29.5 Å². The van der Waals surface area contributed by atoms with Gasteiger partial charge in [-0.25, -0.2) is 0 Å². The minimum absolute atomic E-state index is 0.0219. The van der Waals surface area contributed by atoms with Crippen molar-refractivity contribution in [2.45, 2.75) is 36.6 Å². The average Bonchev–Trinajstić information content (AvgIpc) is 2.58. The monoisotopic (exact) mass is 261 g/mol. The van der Waals surface area contributed by atoms with Gasteiger partial charge in [-0.05, 0) is 26.2 Å². The molecule has 14 heavy (non-hydrogen) atoms. The number of ether oxygens (including phenoxy) is 1. The first-order valence-corrected chi connectivity index (χ1v) is 6.08. The zero-order valence-corrected chi connectivity index (χ0v) is 10.0. The maximum Gasteiger partial charge on any atom is 0.236 e. The third-order valence-electron chi connectivity index (χ3n) is 3.22. The van der Waals surface area contributed by atoms with Crippen molar-refractivity contribution < 1.29 is 9.53 Å². The van der Waals surface area contributed by atoms with Crippen molar-refractivity contribution in [3.05, 3.63) is 0 Å². The van der Waals surface area contributed by atoms with E-state index in [1.807, 2.05) is 4.90 Å². The molecule has 80 valence electrons. The molecular formula is C10H16BrNO2. The van der Waals surface area contributed by atoms with Crippen LogP contribution in [-0.2, 0) is 9.53 Å². The molecule has 2 saturated heterocycles. The summed E-state index contributed by atoms with van der Waals surface area (Å²) in [4.78, 5) is 14.0. The SMILES string of the molecule is CC1(N2CCCC(Br)C2=O)CCOC1. The van der Waals surface area contributed by atoms with Gasteiger partial charge in [-0.1, -0.05) is 15.9 Å². The Morgan fingerprint density at radius 1 is 1.64 bits per heavy atom. The Balaban J connectivity index is 2.12. The summed E-state index contributed by atoms with van der Waals surface area (Å²) in [5.74, 6) is 0.240. The first-order chi connectivity index (χ1) is 6.63. The van der Waals surface area contributed by atoms with Crippen LogP contribution >= 0.6 is 15.9 Å². The minimum atomic E-state index is -0.0521. The van der Waals surface area contributed by atoms with E-state index in [-0.39, 0.29) is 16.3 Å². The lowest BCUT2D eigenvalue weighted by atomic mass is 9.95. The Morgan fingerprint density at radius 3 is 3.07 bits per heavy atom. The number of hydrogen-bond acceptors (Lipinski definition) is 2. The molecule has 0 radical (unpaired) electrons. The van der Waals surface area contributed by atoms with Crippen LogP contribution in [0.15, 0.2) is 0 Å². The van der Waals surface area contributed by atoms with E-state index in [4.69, 9.17) is 4.74 Å². The number of hydrogen-bond donors (Lipinski definition) is 0. The number of piperidine rings is 1.